The zero-order valence-corrected chi connectivity index (χ0v) is 12.2. The van der Waals surface area contributed by atoms with Crippen molar-refractivity contribution in [3.63, 3.8) is 0 Å². The molecule has 1 saturated heterocycles. The molecule has 0 bridgehead atoms. The predicted molar refractivity (Wildman–Crippen MR) is 77.5 cm³/mol. The molecular weight excluding hydrogens is 238 g/mol. The molecule has 3 unspecified atom stereocenters. The van der Waals surface area contributed by atoms with Gasteiger partial charge < -0.3 is 14.8 Å². The van der Waals surface area contributed by atoms with E-state index in [-0.39, 0.29) is 12.1 Å². The number of hydrogen-bond acceptors (Lipinski definition) is 3. The van der Waals surface area contributed by atoms with Gasteiger partial charge in [0.05, 0.1) is 18.8 Å². The van der Waals surface area contributed by atoms with Gasteiger partial charge in [-0.15, -0.1) is 0 Å². The van der Waals surface area contributed by atoms with Crippen LogP contribution in [0.1, 0.15) is 38.8 Å². The van der Waals surface area contributed by atoms with E-state index in [0.29, 0.717) is 12.5 Å². The summed E-state index contributed by atoms with van der Waals surface area (Å²) in [6, 6.07) is 8.66. The molecule has 0 saturated carbocycles. The Labute approximate surface area is 116 Å². The van der Waals surface area contributed by atoms with Crippen LogP contribution in [-0.4, -0.2) is 25.9 Å². The highest BCUT2D eigenvalue weighted by Gasteiger charge is 2.32. The number of hydrogen-bond donors (Lipinski definition) is 1. The van der Waals surface area contributed by atoms with Gasteiger partial charge in [-0.2, -0.15) is 0 Å². The van der Waals surface area contributed by atoms with Gasteiger partial charge in [0.1, 0.15) is 5.75 Å². The average Bonchev–Trinajstić information content (AvgIpc) is 2.84. The molecule has 3 atom stereocenters. The van der Waals surface area contributed by atoms with Gasteiger partial charge in [0, 0.05) is 6.61 Å². The Morgan fingerprint density at radius 3 is 2.58 bits per heavy atom. The van der Waals surface area contributed by atoms with Crippen LogP contribution in [-0.2, 0) is 4.74 Å². The van der Waals surface area contributed by atoms with Crippen molar-refractivity contribution in [3.8, 4) is 5.75 Å². The molecule has 0 amide bonds. The lowest BCUT2D eigenvalue weighted by atomic mass is 9.92. The van der Waals surface area contributed by atoms with E-state index in [1.807, 2.05) is 19.1 Å². The Bertz CT molecular complexity index is 377. The zero-order valence-electron chi connectivity index (χ0n) is 12.2. The van der Waals surface area contributed by atoms with E-state index in [1.54, 1.807) is 0 Å². The first kappa shape index (κ1) is 14.4. The Hall–Kier alpha value is -1.06. The summed E-state index contributed by atoms with van der Waals surface area (Å²) >= 11 is 0. The summed E-state index contributed by atoms with van der Waals surface area (Å²) in [6.07, 6.45) is 1.43. The fraction of sp³-hybridized carbons (Fsp3) is 0.625. The zero-order chi connectivity index (χ0) is 13.7. The lowest BCUT2D eigenvalue weighted by Crippen LogP contribution is -2.34. The highest BCUT2D eigenvalue weighted by Crippen LogP contribution is 2.31. The maximum Gasteiger partial charge on any atom is 0.119 e. The molecule has 0 aliphatic carbocycles. The maximum atomic E-state index is 5.92. The number of ether oxygens (including phenoxy) is 2. The standard InChI is InChI=1S/C16H25NO2/c1-4-17-15(16-12(3)10-11-19-16)13-6-8-14(9-7-13)18-5-2/h6-9,12,15-17H,4-5,10-11H2,1-3H3. The average molecular weight is 263 g/mol. The highest BCUT2D eigenvalue weighted by molar-refractivity contribution is 5.30. The second kappa shape index (κ2) is 6.92. The molecule has 1 aliphatic heterocycles. The number of nitrogens with one attached hydrogen (secondary N) is 1. The first-order chi connectivity index (χ1) is 9.26. The second-order valence-electron chi connectivity index (χ2n) is 5.14. The third kappa shape index (κ3) is 3.48. The van der Waals surface area contributed by atoms with Gasteiger partial charge in [-0.1, -0.05) is 26.0 Å². The molecule has 0 spiro atoms. The third-order valence-electron chi connectivity index (χ3n) is 3.75. The van der Waals surface area contributed by atoms with Crippen molar-refractivity contribution < 1.29 is 9.47 Å². The minimum atomic E-state index is 0.276. The van der Waals surface area contributed by atoms with Gasteiger partial charge >= 0.3 is 0 Å². The maximum absolute atomic E-state index is 5.92. The van der Waals surface area contributed by atoms with Crippen molar-refractivity contribution in [2.75, 3.05) is 19.8 Å². The van der Waals surface area contributed by atoms with E-state index in [4.69, 9.17) is 9.47 Å². The fourth-order valence-corrected chi connectivity index (χ4v) is 2.72. The first-order valence-electron chi connectivity index (χ1n) is 7.34. The van der Waals surface area contributed by atoms with Crippen LogP contribution < -0.4 is 10.1 Å². The van der Waals surface area contributed by atoms with Crippen molar-refractivity contribution >= 4 is 0 Å². The van der Waals surface area contributed by atoms with E-state index >= 15 is 0 Å². The van der Waals surface area contributed by atoms with Crippen LogP contribution in [0.5, 0.6) is 5.75 Å². The molecule has 0 radical (unpaired) electrons. The Morgan fingerprint density at radius 2 is 2.05 bits per heavy atom. The summed E-state index contributed by atoms with van der Waals surface area (Å²) in [5.74, 6) is 1.54. The van der Waals surface area contributed by atoms with Gasteiger partial charge in [0.25, 0.3) is 0 Å². The van der Waals surface area contributed by atoms with Crippen LogP contribution in [0.15, 0.2) is 24.3 Å². The summed E-state index contributed by atoms with van der Waals surface area (Å²) in [6.45, 7) is 8.95. The van der Waals surface area contributed by atoms with Gasteiger partial charge in [-0.3, -0.25) is 0 Å². The number of likely N-dealkylation sites (N-methyl/N-ethyl adjacent to an activating group) is 1. The quantitative estimate of drug-likeness (QED) is 0.855. The molecule has 3 heteroatoms. The Balaban J connectivity index is 2.13. The third-order valence-corrected chi connectivity index (χ3v) is 3.75. The van der Waals surface area contributed by atoms with Crippen molar-refractivity contribution in [1.82, 2.24) is 5.32 Å². The van der Waals surface area contributed by atoms with E-state index in [2.05, 4.69) is 31.3 Å². The van der Waals surface area contributed by atoms with Crippen molar-refractivity contribution in [2.24, 2.45) is 5.92 Å². The summed E-state index contributed by atoms with van der Waals surface area (Å²) in [5, 5.41) is 3.56. The minimum Gasteiger partial charge on any atom is -0.494 e. The molecule has 1 fully saturated rings. The van der Waals surface area contributed by atoms with Crippen molar-refractivity contribution in [3.05, 3.63) is 29.8 Å². The van der Waals surface area contributed by atoms with E-state index < -0.39 is 0 Å². The Kier molecular flexibility index (Phi) is 5.23. The number of benzene rings is 1. The van der Waals surface area contributed by atoms with Gasteiger partial charge in [-0.25, -0.2) is 0 Å². The molecular formula is C16H25NO2. The first-order valence-corrected chi connectivity index (χ1v) is 7.34. The van der Waals surface area contributed by atoms with Crippen LogP contribution in [0.3, 0.4) is 0 Å². The van der Waals surface area contributed by atoms with Crippen molar-refractivity contribution in [2.45, 2.75) is 39.3 Å². The fourth-order valence-electron chi connectivity index (χ4n) is 2.72. The summed E-state index contributed by atoms with van der Waals surface area (Å²) < 4.78 is 11.4. The minimum absolute atomic E-state index is 0.276. The largest absolute Gasteiger partial charge is 0.494 e. The van der Waals surface area contributed by atoms with Crippen LogP contribution >= 0.6 is 0 Å². The molecule has 19 heavy (non-hydrogen) atoms. The molecule has 1 aliphatic rings. The van der Waals surface area contributed by atoms with E-state index in [0.717, 1.165) is 25.3 Å². The molecule has 1 aromatic rings. The van der Waals surface area contributed by atoms with Crippen molar-refractivity contribution in [1.29, 1.82) is 0 Å². The van der Waals surface area contributed by atoms with E-state index in [9.17, 15) is 0 Å². The Morgan fingerprint density at radius 1 is 1.32 bits per heavy atom. The lowest BCUT2D eigenvalue weighted by molar-refractivity contribution is 0.0612. The number of rotatable bonds is 6. The van der Waals surface area contributed by atoms with Gasteiger partial charge in [0.2, 0.25) is 0 Å². The van der Waals surface area contributed by atoms with Crippen LogP contribution in [0, 0.1) is 5.92 Å². The topological polar surface area (TPSA) is 30.5 Å². The molecule has 1 N–H and O–H groups in total. The van der Waals surface area contributed by atoms with Crippen LogP contribution in [0.25, 0.3) is 0 Å². The summed E-state index contributed by atoms with van der Waals surface area (Å²) in [5.41, 5.74) is 1.28. The van der Waals surface area contributed by atoms with Gasteiger partial charge in [0.15, 0.2) is 0 Å². The lowest BCUT2D eigenvalue weighted by Gasteiger charge is -2.27. The molecule has 3 nitrogen and oxygen atoms in total. The van der Waals surface area contributed by atoms with Gasteiger partial charge in [-0.05, 0) is 43.5 Å². The smallest absolute Gasteiger partial charge is 0.119 e. The molecule has 0 aromatic heterocycles. The van der Waals surface area contributed by atoms with Crippen LogP contribution in [0.4, 0.5) is 0 Å². The second-order valence-corrected chi connectivity index (χ2v) is 5.14. The normalized spacial score (nSPS) is 24.4. The SMILES string of the molecule is CCNC(c1ccc(OCC)cc1)C1OCCC1C. The highest BCUT2D eigenvalue weighted by atomic mass is 16.5. The van der Waals surface area contributed by atoms with Crippen LogP contribution in [0.2, 0.25) is 0 Å². The molecule has 106 valence electrons. The summed E-state index contributed by atoms with van der Waals surface area (Å²) in [7, 11) is 0. The monoisotopic (exact) mass is 263 g/mol. The molecule has 1 aromatic carbocycles. The predicted octanol–water partition coefficient (Wildman–Crippen LogP) is 3.16. The molecule has 2 rings (SSSR count). The summed E-state index contributed by atoms with van der Waals surface area (Å²) in [4.78, 5) is 0. The molecule has 1 heterocycles. The van der Waals surface area contributed by atoms with E-state index in [1.165, 1.54) is 5.56 Å².